The standard InChI is InChI=1S/C19H27N2O2/c1-2-5-16(6-3-1)9-10-20-11-13-21(14-12-20)17-7-4-8-18-19(17)23-15-22-18/h1,4,7-8,16H,2-3,5-6,9-15H2. The summed E-state index contributed by atoms with van der Waals surface area (Å²) in [4.78, 5) is 5.08. The third-order valence-electron chi connectivity index (χ3n) is 5.50. The van der Waals surface area contributed by atoms with Crippen molar-refractivity contribution in [2.75, 3.05) is 44.4 Å². The molecule has 2 heterocycles. The second-order valence-corrected chi connectivity index (χ2v) is 6.94. The number of para-hydroxylation sites is 1. The maximum Gasteiger partial charge on any atom is 0.231 e. The Balaban J connectivity index is 1.28. The number of fused-ring (bicyclic) bond motifs is 1. The number of benzene rings is 1. The summed E-state index contributed by atoms with van der Waals surface area (Å²) in [6.45, 7) is 6.10. The van der Waals surface area contributed by atoms with Gasteiger partial charge in [0.2, 0.25) is 6.79 Å². The van der Waals surface area contributed by atoms with Gasteiger partial charge in [-0.1, -0.05) is 18.9 Å². The Kier molecular flexibility index (Phi) is 4.60. The Hall–Kier alpha value is -1.42. The Morgan fingerprint density at radius 2 is 1.83 bits per heavy atom. The number of anilines is 1. The van der Waals surface area contributed by atoms with Gasteiger partial charge >= 0.3 is 0 Å². The molecule has 4 rings (SSSR count). The van der Waals surface area contributed by atoms with Gasteiger partial charge in [0.05, 0.1) is 5.69 Å². The summed E-state index contributed by atoms with van der Waals surface area (Å²) in [5, 5.41) is 0. The van der Waals surface area contributed by atoms with E-state index in [0.29, 0.717) is 6.79 Å². The summed E-state index contributed by atoms with van der Waals surface area (Å²) in [6, 6.07) is 6.21. The van der Waals surface area contributed by atoms with Crippen molar-refractivity contribution in [1.82, 2.24) is 4.90 Å². The monoisotopic (exact) mass is 315 g/mol. The lowest BCUT2D eigenvalue weighted by molar-refractivity contribution is 0.173. The molecule has 0 amide bonds. The quantitative estimate of drug-likeness (QED) is 0.851. The summed E-state index contributed by atoms with van der Waals surface area (Å²) in [6.07, 6.45) is 9.32. The van der Waals surface area contributed by atoms with Crippen LogP contribution in [-0.2, 0) is 0 Å². The van der Waals surface area contributed by atoms with E-state index in [1.54, 1.807) is 0 Å². The van der Waals surface area contributed by atoms with Crippen LogP contribution in [0.5, 0.6) is 11.5 Å². The number of hydrogen-bond donors (Lipinski definition) is 0. The fourth-order valence-electron chi connectivity index (χ4n) is 4.03. The molecular weight excluding hydrogens is 288 g/mol. The van der Waals surface area contributed by atoms with Crippen molar-refractivity contribution in [3.05, 3.63) is 24.6 Å². The van der Waals surface area contributed by atoms with Gasteiger partial charge in [0.25, 0.3) is 0 Å². The van der Waals surface area contributed by atoms with E-state index < -0.39 is 0 Å². The molecule has 2 aliphatic heterocycles. The smallest absolute Gasteiger partial charge is 0.231 e. The van der Waals surface area contributed by atoms with Gasteiger partial charge in [-0.25, -0.2) is 0 Å². The van der Waals surface area contributed by atoms with E-state index in [2.05, 4.69) is 28.4 Å². The fourth-order valence-corrected chi connectivity index (χ4v) is 4.03. The minimum atomic E-state index is 0.352. The molecule has 1 saturated heterocycles. The largest absolute Gasteiger partial charge is 0.454 e. The molecule has 0 aromatic heterocycles. The zero-order chi connectivity index (χ0) is 15.5. The van der Waals surface area contributed by atoms with E-state index in [9.17, 15) is 0 Å². The molecule has 23 heavy (non-hydrogen) atoms. The third kappa shape index (κ3) is 3.42. The summed E-state index contributed by atoms with van der Waals surface area (Å²) in [5.41, 5.74) is 1.20. The van der Waals surface area contributed by atoms with Crippen LogP contribution >= 0.6 is 0 Å². The average molecular weight is 315 g/mol. The molecule has 2 fully saturated rings. The van der Waals surface area contributed by atoms with Crippen LogP contribution in [-0.4, -0.2) is 44.4 Å². The third-order valence-corrected chi connectivity index (χ3v) is 5.50. The Morgan fingerprint density at radius 3 is 2.65 bits per heavy atom. The van der Waals surface area contributed by atoms with Crippen LogP contribution in [0.25, 0.3) is 0 Å². The first-order chi connectivity index (χ1) is 11.4. The van der Waals surface area contributed by atoms with E-state index in [0.717, 1.165) is 43.6 Å². The molecule has 3 aliphatic rings. The first kappa shape index (κ1) is 15.1. The van der Waals surface area contributed by atoms with Crippen molar-refractivity contribution < 1.29 is 9.47 Å². The minimum absolute atomic E-state index is 0.352. The number of hydrogen-bond acceptors (Lipinski definition) is 4. The minimum Gasteiger partial charge on any atom is -0.454 e. The van der Waals surface area contributed by atoms with Crippen LogP contribution in [0.2, 0.25) is 0 Å². The number of ether oxygens (including phenoxy) is 2. The molecule has 1 aromatic rings. The van der Waals surface area contributed by atoms with Crippen molar-refractivity contribution >= 4 is 5.69 Å². The maximum atomic E-state index is 5.66. The van der Waals surface area contributed by atoms with Gasteiger partial charge in [0, 0.05) is 26.2 Å². The van der Waals surface area contributed by atoms with Crippen LogP contribution in [0, 0.1) is 12.3 Å². The molecule has 1 aromatic carbocycles. The number of nitrogens with zero attached hydrogens (tertiary/aromatic N) is 2. The van der Waals surface area contributed by atoms with Crippen LogP contribution in [0.15, 0.2) is 18.2 Å². The molecule has 0 spiro atoms. The molecule has 125 valence electrons. The van der Waals surface area contributed by atoms with Crippen LogP contribution in [0.4, 0.5) is 5.69 Å². The SMILES string of the molecule is [CH]1CCC(CCN2CCN(c3cccc4c3OCO4)CC2)CC1. The number of rotatable bonds is 4. The normalized spacial score (nSPS) is 22.5. The van der Waals surface area contributed by atoms with Crippen molar-refractivity contribution in [3.63, 3.8) is 0 Å². The summed E-state index contributed by atoms with van der Waals surface area (Å²) in [7, 11) is 0. The van der Waals surface area contributed by atoms with Gasteiger partial charge < -0.3 is 14.4 Å². The van der Waals surface area contributed by atoms with Crippen molar-refractivity contribution in [2.45, 2.75) is 32.1 Å². The lowest BCUT2D eigenvalue weighted by Gasteiger charge is -2.37. The molecule has 4 nitrogen and oxygen atoms in total. The second-order valence-electron chi connectivity index (χ2n) is 6.94. The Bertz CT molecular complexity index is 520. The van der Waals surface area contributed by atoms with Gasteiger partial charge in [-0.3, -0.25) is 4.90 Å². The van der Waals surface area contributed by atoms with E-state index in [1.807, 2.05) is 6.07 Å². The van der Waals surface area contributed by atoms with E-state index in [-0.39, 0.29) is 0 Å². The fraction of sp³-hybridized carbons (Fsp3) is 0.632. The maximum absolute atomic E-state index is 5.66. The Labute approximate surface area is 139 Å². The first-order valence-electron chi connectivity index (χ1n) is 9.08. The molecule has 1 saturated carbocycles. The van der Waals surface area contributed by atoms with Crippen LogP contribution in [0.3, 0.4) is 0 Å². The second kappa shape index (κ2) is 7.00. The molecule has 1 radical (unpaired) electrons. The molecule has 1 aliphatic carbocycles. The molecule has 4 heteroatoms. The Morgan fingerprint density at radius 1 is 1.00 bits per heavy atom. The molecule has 0 bridgehead atoms. The van der Waals surface area contributed by atoms with Crippen LogP contribution < -0.4 is 14.4 Å². The van der Waals surface area contributed by atoms with Crippen LogP contribution in [0.1, 0.15) is 32.1 Å². The summed E-state index contributed by atoms with van der Waals surface area (Å²) in [5.74, 6) is 2.78. The predicted molar refractivity (Wildman–Crippen MR) is 92.1 cm³/mol. The summed E-state index contributed by atoms with van der Waals surface area (Å²) >= 11 is 0. The average Bonchev–Trinajstić information content (AvgIpc) is 3.10. The van der Waals surface area contributed by atoms with Gasteiger partial charge in [-0.2, -0.15) is 0 Å². The molecule has 0 unspecified atom stereocenters. The van der Waals surface area contributed by atoms with Crippen molar-refractivity contribution in [2.24, 2.45) is 5.92 Å². The van der Waals surface area contributed by atoms with Gasteiger partial charge in [-0.15, -0.1) is 0 Å². The zero-order valence-corrected chi connectivity index (χ0v) is 13.9. The van der Waals surface area contributed by atoms with Gasteiger partial charge in [-0.05, 0) is 50.3 Å². The first-order valence-corrected chi connectivity index (χ1v) is 9.08. The molecular formula is C19H27N2O2. The van der Waals surface area contributed by atoms with E-state index >= 15 is 0 Å². The topological polar surface area (TPSA) is 24.9 Å². The lowest BCUT2D eigenvalue weighted by Crippen LogP contribution is -2.47. The van der Waals surface area contributed by atoms with Crippen molar-refractivity contribution in [1.29, 1.82) is 0 Å². The summed E-state index contributed by atoms with van der Waals surface area (Å²) < 4.78 is 11.2. The highest BCUT2D eigenvalue weighted by Crippen LogP contribution is 2.41. The predicted octanol–water partition coefficient (Wildman–Crippen LogP) is 3.32. The van der Waals surface area contributed by atoms with E-state index in [4.69, 9.17) is 9.47 Å². The number of piperazine rings is 1. The zero-order valence-electron chi connectivity index (χ0n) is 13.9. The van der Waals surface area contributed by atoms with E-state index in [1.165, 1.54) is 44.3 Å². The van der Waals surface area contributed by atoms with Gasteiger partial charge in [0.15, 0.2) is 11.5 Å². The highest BCUT2D eigenvalue weighted by atomic mass is 16.7. The highest BCUT2D eigenvalue weighted by molar-refractivity contribution is 5.65. The highest BCUT2D eigenvalue weighted by Gasteiger charge is 2.24. The molecule has 0 atom stereocenters. The lowest BCUT2D eigenvalue weighted by atomic mass is 9.87. The van der Waals surface area contributed by atoms with Crippen molar-refractivity contribution in [3.8, 4) is 11.5 Å². The molecule has 0 N–H and O–H groups in total. The van der Waals surface area contributed by atoms with Gasteiger partial charge in [0.1, 0.15) is 0 Å².